The van der Waals surface area contributed by atoms with E-state index in [1.807, 2.05) is 0 Å². The Morgan fingerprint density at radius 3 is 2.77 bits per heavy atom. The Kier molecular flexibility index (Phi) is 5.46. The molecule has 2 bridgehead atoms. The van der Waals surface area contributed by atoms with Crippen molar-refractivity contribution >= 4 is 11.6 Å². The van der Waals surface area contributed by atoms with Crippen LogP contribution in [-0.2, 0) is 16.0 Å². The molecule has 1 aromatic rings. The lowest BCUT2D eigenvalue weighted by Crippen LogP contribution is -2.28. The van der Waals surface area contributed by atoms with Crippen molar-refractivity contribution in [2.45, 2.75) is 38.5 Å². The summed E-state index contributed by atoms with van der Waals surface area (Å²) in [5.41, 5.74) is -0.303. The lowest BCUT2D eigenvalue weighted by atomic mass is 9.83. The van der Waals surface area contributed by atoms with Crippen LogP contribution in [0, 0.1) is 11.8 Å². The first-order valence-electron chi connectivity index (χ1n) is 8.73. The number of Topliss-reactive ketones (excluding diaryl/α,β-unsaturated/α-hetero) is 2. The van der Waals surface area contributed by atoms with Gasteiger partial charge in [0, 0.05) is 31.1 Å². The van der Waals surface area contributed by atoms with E-state index in [1.165, 1.54) is 13.2 Å². The van der Waals surface area contributed by atoms with Crippen molar-refractivity contribution in [1.29, 1.82) is 0 Å². The maximum atomic E-state index is 13.0. The predicted molar refractivity (Wildman–Crippen MR) is 89.2 cm³/mol. The summed E-state index contributed by atoms with van der Waals surface area (Å²) in [6.07, 6.45) is -0.0635. The van der Waals surface area contributed by atoms with Crippen molar-refractivity contribution in [3.8, 4) is 0 Å². The summed E-state index contributed by atoms with van der Waals surface area (Å²) >= 11 is 0. The van der Waals surface area contributed by atoms with E-state index in [2.05, 4.69) is 4.98 Å². The second kappa shape index (κ2) is 7.61. The average molecular weight is 365 g/mol. The van der Waals surface area contributed by atoms with Crippen LogP contribution in [0.25, 0.3) is 0 Å². The van der Waals surface area contributed by atoms with Gasteiger partial charge in [-0.2, -0.15) is 0 Å². The maximum absolute atomic E-state index is 13.0. The highest BCUT2D eigenvalue weighted by Crippen LogP contribution is 2.43. The third kappa shape index (κ3) is 3.40. The molecule has 2 aliphatic carbocycles. The van der Waals surface area contributed by atoms with Crippen LogP contribution in [0.15, 0.2) is 23.5 Å². The summed E-state index contributed by atoms with van der Waals surface area (Å²) in [6.45, 7) is 0.394. The van der Waals surface area contributed by atoms with Gasteiger partial charge in [-0.25, -0.2) is 8.78 Å². The van der Waals surface area contributed by atoms with Crippen LogP contribution in [0.2, 0.25) is 0 Å². The fourth-order valence-electron chi connectivity index (χ4n) is 3.79. The number of pyridine rings is 1. The minimum atomic E-state index is -2.75. The molecule has 0 aliphatic heterocycles. The normalized spacial score (nSPS) is 22.4. The van der Waals surface area contributed by atoms with Gasteiger partial charge in [-0.05, 0) is 44.2 Å². The molecule has 0 spiro atoms. The minimum absolute atomic E-state index is 0.0988. The number of fused-ring (bicyclic) bond motifs is 2. The average Bonchev–Trinajstić information content (AvgIpc) is 3.07. The second-order valence-electron chi connectivity index (χ2n) is 6.79. The van der Waals surface area contributed by atoms with Gasteiger partial charge < -0.3 is 9.84 Å². The predicted octanol–water partition coefficient (Wildman–Crippen LogP) is 3.59. The Balaban J connectivity index is 1.98. The molecular formula is C19H21F2NO4. The number of aryl methyl sites for hydroxylation is 1. The molecule has 5 nitrogen and oxygen atoms in total. The molecule has 26 heavy (non-hydrogen) atoms. The maximum Gasteiger partial charge on any atom is 0.280 e. The van der Waals surface area contributed by atoms with Gasteiger partial charge in [0.25, 0.3) is 6.43 Å². The third-order valence-corrected chi connectivity index (χ3v) is 5.15. The molecule has 0 saturated heterocycles. The molecule has 0 amide bonds. The summed E-state index contributed by atoms with van der Waals surface area (Å²) in [5.74, 6) is -1.52. The van der Waals surface area contributed by atoms with Crippen molar-refractivity contribution in [3.63, 3.8) is 0 Å². The molecule has 1 saturated carbocycles. The molecule has 140 valence electrons. The summed E-state index contributed by atoms with van der Waals surface area (Å²) in [5, 5.41) is 10.4. The van der Waals surface area contributed by atoms with Gasteiger partial charge in [-0.15, -0.1) is 0 Å². The van der Waals surface area contributed by atoms with Gasteiger partial charge in [-0.1, -0.05) is 0 Å². The zero-order valence-corrected chi connectivity index (χ0v) is 14.5. The van der Waals surface area contributed by atoms with Crippen molar-refractivity contribution in [1.82, 2.24) is 4.98 Å². The Morgan fingerprint density at radius 1 is 1.35 bits per heavy atom. The van der Waals surface area contributed by atoms with Gasteiger partial charge >= 0.3 is 0 Å². The SMILES string of the molecule is COCCCc1nc(C(F)F)ccc1C(=O)C1=C(O)C2CCC(C2)C1=O. The number of aliphatic hydroxyl groups excluding tert-OH is 1. The fourth-order valence-corrected chi connectivity index (χ4v) is 3.79. The molecule has 3 rings (SSSR count). The molecule has 0 aromatic carbocycles. The first kappa shape index (κ1) is 18.6. The lowest BCUT2D eigenvalue weighted by Gasteiger charge is -2.21. The number of nitrogens with zero attached hydrogens (tertiary/aromatic N) is 1. The van der Waals surface area contributed by atoms with E-state index in [4.69, 9.17) is 4.74 Å². The first-order valence-corrected chi connectivity index (χ1v) is 8.73. The molecule has 1 aromatic heterocycles. The molecule has 7 heteroatoms. The number of allylic oxidation sites excluding steroid dienone is 2. The highest BCUT2D eigenvalue weighted by atomic mass is 19.3. The zero-order chi connectivity index (χ0) is 18.8. The highest BCUT2D eigenvalue weighted by molar-refractivity contribution is 6.28. The van der Waals surface area contributed by atoms with Gasteiger partial charge in [-0.3, -0.25) is 14.6 Å². The number of rotatable bonds is 7. The zero-order valence-electron chi connectivity index (χ0n) is 14.5. The molecule has 2 aliphatic rings. The second-order valence-corrected chi connectivity index (χ2v) is 6.79. The summed E-state index contributed by atoms with van der Waals surface area (Å²) < 4.78 is 30.9. The minimum Gasteiger partial charge on any atom is -0.511 e. The van der Waals surface area contributed by atoms with E-state index in [-0.39, 0.29) is 46.6 Å². The van der Waals surface area contributed by atoms with E-state index in [0.717, 1.165) is 6.07 Å². The number of hydrogen-bond acceptors (Lipinski definition) is 5. The Morgan fingerprint density at radius 2 is 2.08 bits per heavy atom. The van der Waals surface area contributed by atoms with Crippen LogP contribution in [0.5, 0.6) is 0 Å². The highest BCUT2D eigenvalue weighted by Gasteiger charge is 2.43. The van der Waals surface area contributed by atoms with Gasteiger partial charge in [0.1, 0.15) is 17.0 Å². The number of aromatic nitrogens is 1. The molecule has 1 heterocycles. The Labute approximate surface area is 150 Å². The number of halogens is 2. The third-order valence-electron chi connectivity index (χ3n) is 5.15. The smallest absolute Gasteiger partial charge is 0.280 e. The molecule has 1 fully saturated rings. The number of carbonyl (C=O) groups is 2. The fraction of sp³-hybridized carbons (Fsp3) is 0.526. The monoisotopic (exact) mass is 365 g/mol. The topological polar surface area (TPSA) is 76.5 Å². The first-order chi connectivity index (χ1) is 12.4. The molecular weight excluding hydrogens is 344 g/mol. The number of methoxy groups -OCH3 is 1. The number of ketones is 2. The van der Waals surface area contributed by atoms with E-state index in [9.17, 15) is 23.5 Å². The largest absolute Gasteiger partial charge is 0.511 e. The van der Waals surface area contributed by atoms with Gasteiger partial charge in [0.2, 0.25) is 5.78 Å². The van der Waals surface area contributed by atoms with Crippen molar-refractivity contribution in [3.05, 3.63) is 40.4 Å². The van der Waals surface area contributed by atoms with Gasteiger partial charge in [0.05, 0.1) is 5.69 Å². The van der Waals surface area contributed by atoms with Gasteiger partial charge in [0.15, 0.2) is 5.78 Å². The number of carbonyl (C=O) groups excluding carboxylic acids is 2. The Hall–Kier alpha value is -2.15. The number of alkyl halides is 2. The molecule has 2 atom stereocenters. The van der Waals surface area contributed by atoms with Crippen LogP contribution in [0.1, 0.15) is 53.9 Å². The van der Waals surface area contributed by atoms with E-state index in [0.29, 0.717) is 32.3 Å². The number of aliphatic hydroxyl groups is 1. The summed E-state index contributed by atoms with van der Waals surface area (Å²) in [6, 6.07) is 2.38. The van der Waals surface area contributed by atoms with Crippen LogP contribution in [0.3, 0.4) is 0 Å². The van der Waals surface area contributed by atoms with Crippen LogP contribution >= 0.6 is 0 Å². The van der Waals surface area contributed by atoms with Crippen molar-refractivity contribution in [2.24, 2.45) is 11.8 Å². The quantitative estimate of drug-likeness (QED) is 0.454. The van der Waals surface area contributed by atoms with Crippen molar-refractivity contribution in [2.75, 3.05) is 13.7 Å². The molecule has 0 radical (unpaired) electrons. The van der Waals surface area contributed by atoms with Crippen molar-refractivity contribution < 1.29 is 28.2 Å². The van der Waals surface area contributed by atoms with Crippen LogP contribution in [0.4, 0.5) is 8.78 Å². The lowest BCUT2D eigenvalue weighted by molar-refractivity contribution is -0.119. The summed E-state index contributed by atoms with van der Waals surface area (Å²) in [4.78, 5) is 29.5. The Bertz CT molecular complexity index is 760. The van der Waals surface area contributed by atoms with E-state index < -0.39 is 17.9 Å². The number of hydrogen-bond donors (Lipinski definition) is 1. The standard InChI is InChI=1S/C19H21F2NO4/c1-26-8-2-3-13-12(6-7-14(22-13)19(20)21)18(25)15-16(23)10-4-5-11(9-10)17(15)24/h6-7,10-11,19,23H,2-5,8-9H2,1H3. The van der Waals surface area contributed by atoms with E-state index in [1.54, 1.807) is 0 Å². The molecule has 1 N–H and O–H groups in total. The van der Waals surface area contributed by atoms with Crippen LogP contribution < -0.4 is 0 Å². The number of ether oxygens (including phenoxy) is 1. The summed E-state index contributed by atoms with van der Waals surface area (Å²) in [7, 11) is 1.52. The van der Waals surface area contributed by atoms with Crippen LogP contribution in [-0.4, -0.2) is 35.4 Å². The molecule has 2 unspecified atom stereocenters. The van der Waals surface area contributed by atoms with E-state index >= 15 is 0 Å².